The van der Waals surface area contributed by atoms with Gasteiger partial charge in [0.15, 0.2) is 5.78 Å². The maximum absolute atomic E-state index is 11.8. The van der Waals surface area contributed by atoms with Gasteiger partial charge in [-0.15, -0.1) is 0 Å². The molecule has 2 N–H and O–H groups in total. The second-order valence-electron chi connectivity index (χ2n) is 3.38. The van der Waals surface area contributed by atoms with Crippen LogP contribution in [-0.2, 0) is 4.74 Å². The van der Waals surface area contributed by atoms with E-state index in [1.165, 1.54) is 6.07 Å². The predicted octanol–water partition coefficient (Wildman–Crippen LogP) is 2.54. The molecule has 0 bridgehead atoms. The molecule has 1 unspecified atom stereocenters. The molecule has 88 valence electrons. The zero-order valence-electron chi connectivity index (χ0n) is 8.87. The van der Waals surface area contributed by atoms with Crippen LogP contribution in [0.1, 0.15) is 16.8 Å². The van der Waals surface area contributed by atoms with E-state index in [9.17, 15) is 4.79 Å². The molecule has 1 rings (SSSR count). The van der Waals surface area contributed by atoms with Crippen LogP contribution < -0.4 is 5.73 Å². The summed E-state index contributed by atoms with van der Waals surface area (Å²) in [6.45, 7) is 0.453. The minimum absolute atomic E-state index is 0.157. The monoisotopic (exact) mass is 261 g/mol. The van der Waals surface area contributed by atoms with Gasteiger partial charge in [-0.1, -0.05) is 23.2 Å². The van der Waals surface area contributed by atoms with E-state index in [4.69, 9.17) is 33.7 Å². The van der Waals surface area contributed by atoms with Crippen LogP contribution in [0, 0.1) is 0 Å². The molecule has 0 saturated carbocycles. The van der Waals surface area contributed by atoms with Crippen LogP contribution in [0.3, 0.4) is 0 Å². The summed E-state index contributed by atoms with van der Waals surface area (Å²) < 4.78 is 4.86. The molecule has 0 radical (unpaired) electrons. The van der Waals surface area contributed by atoms with E-state index in [-0.39, 0.29) is 5.78 Å². The zero-order valence-corrected chi connectivity index (χ0v) is 10.4. The number of nitrogens with two attached hydrogens (primary N) is 1. The number of benzene rings is 1. The fourth-order valence-electron chi connectivity index (χ4n) is 1.24. The summed E-state index contributed by atoms with van der Waals surface area (Å²) in [6, 6.07) is 4.15. The fourth-order valence-corrected chi connectivity index (χ4v) is 1.54. The number of rotatable bonds is 5. The first-order valence-electron chi connectivity index (χ1n) is 4.80. The van der Waals surface area contributed by atoms with E-state index in [0.29, 0.717) is 28.6 Å². The number of hydrogen-bond acceptors (Lipinski definition) is 3. The van der Waals surface area contributed by atoms with Crippen LogP contribution in [0.15, 0.2) is 18.2 Å². The largest absolute Gasteiger partial charge is 0.385 e. The summed E-state index contributed by atoms with van der Waals surface area (Å²) in [5, 5.41) is 0.773. The highest BCUT2D eigenvalue weighted by Gasteiger charge is 2.16. The molecule has 3 nitrogen and oxygen atoms in total. The van der Waals surface area contributed by atoms with Crippen molar-refractivity contribution in [1.29, 1.82) is 0 Å². The molecule has 0 fully saturated rings. The molecule has 0 saturated heterocycles. The van der Waals surface area contributed by atoms with Gasteiger partial charge in [-0.2, -0.15) is 0 Å². The van der Waals surface area contributed by atoms with E-state index < -0.39 is 6.04 Å². The Morgan fingerprint density at radius 1 is 1.44 bits per heavy atom. The number of carbonyl (C=O) groups excluding carboxylic acids is 1. The lowest BCUT2D eigenvalue weighted by molar-refractivity contribution is 0.0935. The van der Waals surface area contributed by atoms with Crippen molar-refractivity contribution in [3.05, 3.63) is 33.8 Å². The smallest absolute Gasteiger partial charge is 0.179 e. The molecule has 0 heterocycles. The Morgan fingerprint density at radius 3 is 2.69 bits per heavy atom. The number of hydrogen-bond donors (Lipinski definition) is 1. The van der Waals surface area contributed by atoms with E-state index in [1.807, 2.05) is 0 Å². The van der Waals surface area contributed by atoms with Crippen molar-refractivity contribution in [3.8, 4) is 0 Å². The highest BCUT2D eigenvalue weighted by molar-refractivity contribution is 6.42. The van der Waals surface area contributed by atoms with Crippen molar-refractivity contribution in [2.75, 3.05) is 13.7 Å². The maximum Gasteiger partial charge on any atom is 0.179 e. The summed E-state index contributed by atoms with van der Waals surface area (Å²) in [6.07, 6.45) is 0.482. The Hall–Kier alpha value is -0.610. The fraction of sp³-hybridized carbons (Fsp3) is 0.364. The molecule has 0 amide bonds. The van der Waals surface area contributed by atoms with Gasteiger partial charge in [0.1, 0.15) is 0 Å². The van der Waals surface area contributed by atoms with Crippen LogP contribution in [-0.4, -0.2) is 25.5 Å². The first-order valence-corrected chi connectivity index (χ1v) is 5.55. The molecule has 0 spiro atoms. The standard InChI is InChI=1S/C11H13Cl2NO2/c1-16-5-4-10(14)11(15)7-2-3-8(12)9(13)6-7/h2-3,6,10H,4-5,14H2,1H3. The number of Topliss-reactive ketones (excluding diaryl/α,β-unsaturated/α-hetero) is 1. The molecule has 0 aliphatic rings. The zero-order chi connectivity index (χ0) is 12.1. The summed E-state index contributed by atoms with van der Waals surface area (Å²) in [7, 11) is 1.57. The summed E-state index contributed by atoms with van der Waals surface area (Å²) in [4.78, 5) is 11.8. The van der Waals surface area contributed by atoms with Crippen molar-refractivity contribution in [3.63, 3.8) is 0 Å². The van der Waals surface area contributed by atoms with Crippen molar-refractivity contribution in [2.45, 2.75) is 12.5 Å². The third-order valence-corrected chi connectivity index (χ3v) is 2.91. The van der Waals surface area contributed by atoms with Crippen LogP contribution in [0.25, 0.3) is 0 Å². The predicted molar refractivity (Wildman–Crippen MR) is 65.3 cm³/mol. The van der Waals surface area contributed by atoms with Crippen molar-refractivity contribution < 1.29 is 9.53 Å². The summed E-state index contributed by atoms with van der Waals surface area (Å²) >= 11 is 11.6. The molecular formula is C11H13Cl2NO2. The van der Waals surface area contributed by atoms with Crippen molar-refractivity contribution in [1.82, 2.24) is 0 Å². The van der Waals surface area contributed by atoms with E-state index in [2.05, 4.69) is 0 Å². The molecule has 5 heteroatoms. The second kappa shape index (κ2) is 6.21. The highest BCUT2D eigenvalue weighted by Crippen LogP contribution is 2.23. The third kappa shape index (κ3) is 3.46. The maximum atomic E-state index is 11.8. The van der Waals surface area contributed by atoms with Crippen molar-refractivity contribution >= 4 is 29.0 Å². The van der Waals surface area contributed by atoms with Gasteiger partial charge in [0.25, 0.3) is 0 Å². The first kappa shape index (κ1) is 13.5. The lowest BCUT2D eigenvalue weighted by Gasteiger charge is -2.10. The Morgan fingerprint density at radius 2 is 2.12 bits per heavy atom. The Bertz CT molecular complexity index is 382. The molecule has 0 aliphatic heterocycles. The van der Waals surface area contributed by atoms with E-state index in [0.717, 1.165) is 0 Å². The Balaban J connectivity index is 2.76. The van der Waals surface area contributed by atoms with Crippen LogP contribution >= 0.6 is 23.2 Å². The lowest BCUT2D eigenvalue weighted by atomic mass is 10.0. The minimum atomic E-state index is -0.572. The van der Waals surface area contributed by atoms with Crippen LogP contribution in [0.5, 0.6) is 0 Å². The van der Waals surface area contributed by atoms with Crippen LogP contribution in [0.4, 0.5) is 0 Å². The molecule has 0 aliphatic carbocycles. The lowest BCUT2D eigenvalue weighted by Crippen LogP contribution is -2.31. The molecule has 0 aromatic heterocycles. The average molecular weight is 262 g/mol. The van der Waals surface area contributed by atoms with Gasteiger partial charge in [0.05, 0.1) is 16.1 Å². The Labute approximate surface area is 104 Å². The van der Waals surface area contributed by atoms with Crippen LogP contribution in [0.2, 0.25) is 10.0 Å². The SMILES string of the molecule is COCCC(N)C(=O)c1ccc(Cl)c(Cl)c1. The molecule has 16 heavy (non-hydrogen) atoms. The minimum Gasteiger partial charge on any atom is -0.385 e. The van der Waals surface area contributed by atoms with Gasteiger partial charge in [-0.05, 0) is 24.6 Å². The van der Waals surface area contributed by atoms with Gasteiger partial charge in [-0.3, -0.25) is 4.79 Å². The number of methoxy groups -OCH3 is 1. The number of ether oxygens (including phenoxy) is 1. The topological polar surface area (TPSA) is 52.3 Å². The van der Waals surface area contributed by atoms with Gasteiger partial charge in [-0.25, -0.2) is 0 Å². The average Bonchev–Trinajstić information content (AvgIpc) is 2.28. The second-order valence-corrected chi connectivity index (χ2v) is 4.20. The van der Waals surface area contributed by atoms with Gasteiger partial charge < -0.3 is 10.5 Å². The quantitative estimate of drug-likeness (QED) is 0.829. The molecular weight excluding hydrogens is 249 g/mol. The number of carbonyl (C=O) groups is 1. The summed E-state index contributed by atoms with van der Waals surface area (Å²) in [5.74, 6) is -0.157. The van der Waals surface area contributed by atoms with E-state index >= 15 is 0 Å². The molecule has 1 aromatic rings. The van der Waals surface area contributed by atoms with Gasteiger partial charge >= 0.3 is 0 Å². The highest BCUT2D eigenvalue weighted by atomic mass is 35.5. The van der Waals surface area contributed by atoms with Crippen molar-refractivity contribution in [2.24, 2.45) is 5.73 Å². The van der Waals surface area contributed by atoms with E-state index in [1.54, 1.807) is 19.2 Å². The summed E-state index contributed by atoms with van der Waals surface area (Å²) in [5.41, 5.74) is 6.19. The normalized spacial score (nSPS) is 12.5. The van der Waals surface area contributed by atoms with Gasteiger partial charge in [0.2, 0.25) is 0 Å². The molecule has 1 atom stereocenters. The number of halogens is 2. The first-order chi connectivity index (χ1) is 7.56. The third-order valence-electron chi connectivity index (χ3n) is 2.17. The Kier molecular flexibility index (Phi) is 5.22. The molecule has 1 aromatic carbocycles. The number of ketones is 1. The van der Waals surface area contributed by atoms with Gasteiger partial charge in [0, 0.05) is 19.3 Å².